The molecule has 0 rings (SSSR count). The molecule has 0 atom stereocenters. The maximum absolute atomic E-state index is 8.29. The fourth-order valence-electron chi connectivity index (χ4n) is 0.456. The Hall–Kier alpha value is -1.94. The lowest BCUT2D eigenvalue weighted by molar-refractivity contribution is 1.16. The quantitative estimate of drug-likeness (QED) is 0.583. The molecular formula is C8H8N4. The van der Waals surface area contributed by atoms with Crippen molar-refractivity contribution in [1.29, 1.82) is 10.5 Å². The van der Waals surface area contributed by atoms with Crippen molar-refractivity contribution in [3.8, 4) is 12.1 Å². The normalized spacial score (nSPS) is 10.7. The zero-order valence-corrected chi connectivity index (χ0v) is 6.56. The summed E-state index contributed by atoms with van der Waals surface area (Å²) in [7, 11) is 0. The molecular weight excluding hydrogens is 152 g/mol. The molecule has 0 aliphatic carbocycles. The molecule has 4 nitrogen and oxygen atoms in total. The van der Waals surface area contributed by atoms with E-state index >= 15 is 0 Å². The SMILES string of the molecule is C=N/C(=C\N=CCC#N)CC#N. The lowest BCUT2D eigenvalue weighted by Crippen LogP contribution is -1.75. The van der Waals surface area contributed by atoms with Crippen LogP contribution < -0.4 is 0 Å². The first-order valence-electron chi connectivity index (χ1n) is 3.26. The maximum Gasteiger partial charge on any atom is 0.0790 e. The molecule has 0 amide bonds. The van der Waals surface area contributed by atoms with Crippen molar-refractivity contribution in [1.82, 2.24) is 0 Å². The van der Waals surface area contributed by atoms with Crippen LogP contribution in [0.2, 0.25) is 0 Å². The first kappa shape index (κ1) is 10.1. The van der Waals surface area contributed by atoms with E-state index in [0.717, 1.165) is 0 Å². The van der Waals surface area contributed by atoms with Crippen LogP contribution in [0.25, 0.3) is 0 Å². The average molecular weight is 160 g/mol. The van der Waals surface area contributed by atoms with Crippen LogP contribution in [-0.4, -0.2) is 12.9 Å². The highest BCUT2D eigenvalue weighted by Crippen LogP contribution is 1.99. The monoisotopic (exact) mass is 160 g/mol. The van der Waals surface area contributed by atoms with Gasteiger partial charge in [-0.1, -0.05) is 0 Å². The van der Waals surface area contributed by atoms with Crippen LogP contribution in [0, 0.1) is 22.7 Å². The van der Waals surface area contributed by atoms with Crippen LogP contribution in [0.15, 0.2) is 21.9 Å². The molecule has 0 spiro atoms. The third-order valence-corrected chi connectivity index (χ3v) is 0.975. The van der Waals surface area contributed by atoms with Crippen molar-refractivity contribution in [3.05, 3.63) is 11.9 Å². The molecule has 60 valence electrons. The Morgan fingerprint density at radius 3 is 2.67 bits per heavy atom. The number of allylic oxidation sites excluding steroid dienone is 1. The molecule has 0 radical (unpaired) electrons. The van der Waals surface area contributed by atoms with Gasteiger partial charge in [-0.3, -0.25) is 9.98 Å². The number of hydrogen-bond acceptors (Lipinski definition) is 4. The first-order valence-corrected chi connectivity index (χ1v) is 3.26. The van der Waals surface area contributed by atoms with E-state index in [0.29, 0.717) is 5.70 Å². The molecule has 0 aromatic carbocycles. The van der Waals surface area contributed by atoms with Gasteiger partial charge in [0.25, 0.3) is 0 Å². The standard InChI is InChI=1S/C8H8N4/c1-11-8(3-5-10)7-12-6-2-4-9/h6-7H,1-3H2/b8-7-,12-6?. The molecule has 12 heavy (non-hydrogen) atoms. The third kappa shape index (κ3) is 4.89. The van der Waals surface area contributed by atoms with E-state index in [2.05, 4.69) is 16.7 Å². The van der Waals surface area contributed by atoms with E-state index in [1.807, 2.05) is 12.1 Å². The van der Waals surface area contributed by atoms with E-state index in [-0.39, 0.29) is 12.8 Å². The summed E-state index contributed by atoms with van der Waals surface area (Å²) in [6.45, 7) is 3.27. The van der Waals surface area contributed by atoms with Gasteiger partial charge in [0.1, 0.15) is 0 Å². The van der Waals surface area contributed by atoms with Crippen molar-refractivity contribution in [2.75, 3.05) is 0 Å². The van der Waals surface area contributed by atoms with Gasteiger partial charge in [-0.25, -0.2) is 0 Å². The molecule has 4 heteroatoms. The third-order valence-electron chi connectivity index (χ3n) is 0.975. The second kappa shape index (κ2) is 7.17. The molecule has 0 aliphatic rings. The van der Waals surface area contributed by atoms with Crippen molar-refractivity contribution in [2.24, 2.45) is 9.98 Å². The zero-order valence-electron chi connectivity index (χ0n) is 6.56. The van der Waals surface area contributed by atoms with Crippen molar-refractivity contribution in [3.63, 3.8) is 0 Å². The Morgan fingerprint density at radius 2 is 2.17 bits per heavy atom. The van der Waals surface area contributed by atoms with E-state index < -0.39 is 0 Å². The summed E-state index contributed by atoms with van der Waals surface area (Å²) in [4.78, 5) is 7.32. The highest BCUT2D eigenvalue weighted by Gasteiger charge is 1.87. The lowest BCUT2D eigenvalue weighted by Gasteiger charge is -1.87. The summed E-state index contributed by atoms with van der Waals surface area (Å²) in [6.07, 6.45) is 3.32. The van der Waals surface area contributed by atoms with Gasteiger partial charge in [0.05, 0.1) is 30.7 Å². The summed E-state index contributed by atoms with van der Waals surface area (Å²) >= 11 is 0. The topological polar surface area (TPSA) is 72.3 Å². The minimum atomic E-state index is 0.188. The van der Waals surface area contributed by atoms with Gasteiger partial charge in [-0.15, -0.1) is 0 Å². The summed E-state index contributed by atoms with van der Waals surface area (Å²) in [5.41, 5.74) is 0.506. The van der Waals surface area contributed by atoms with Gasteiger partial charge in [-0.05, 0) is 6.72 Å². The van der Waals surface area contributed by atoms with Crippen LogP contribution in [0.5, 0.6) is 0 Å². The van der Waals surface area contributed by atoms with Gasteiger partial charge < -0.3 is 0 Å². The Morgan fingerprint density at radius 1 is 1.42 bits per heavy atom. The van der Waals surface area contributed by atoms with Gasteiger partial charge in [-0.2, -0.15) is 10.5 Å². The van der Waals surface area contributed by atoms with Crippen LogP contribution >= 0.6 is 0 Å². The molecule has 0 aromatic heterocycles. The molecule has 0 aliphatic heterocycles. The molecule has 0 N–H and O–H groups in total. The van der Waals surface area contributed by atoms with E-state index in [1.165, 1.54) is 12.4 Å². The van der Waals surface area contributed by atoms with E-state index in [1.54, 1.807) is 0 Å². The highest BCUT2D eigenvalue weighted by atomic mass is 14.8. The predicted octanol–water partition coefficient (Wildman–Crippen LogP) is 1.43. The number of hydrogen-bond donors (Lipinski definition) is 0. The summed E-state index contributed by atoms with van der Waals surface area (Å²) in [6, 6.07) is 3.82. The van der Waals surface area contributed by atoms with Crippen molar-refractivity contribution < 1.29 is 0 Å². The van der Waals surface area contributed by atoms with Gasteiger partial charge in [0.15, 0.2) is 0 Å². The Labute approximate surface area is 71.2 Å². The summed E-state index contributed by atoms with van der Waals surface area (Å²) in [5.74, 6) is 0. The molecule has 0 bridgehead atoms. The van der Waals surface area contributed by atoms with Gasteiger partial charge >= 0.3 is 0 Å². The number of nitrogens with zero attached hydrogens (tertiary/aromatic N) is 4. The lowest BCUT2D eigenvalue weighted by atomic mass is 10.4. The molecule has 0 saturated carbocycles. The van der Waals surface area contributed by atoms with Crippen molar-refractivity contribution >= 4 is 12.9 Å². The largest absolute Gasteiger partial charge is 0.266 e. The van der Waals surface area contributed by atoms with Crippen LogP contribution in [0.3, 0.4) is 0 Å². The molecule has 0 fully saturated rings. The Balaban J connectivity index is 4.05. The summed E-state index contributed by atoms with van der Waals surface area (Å²) < 4.78 is 0. The fourth-order valence-corrected chi connectivity index (χ4v) is 0.456. The fraction of sp³-hybridized carbons (Fsp3) is 0.250. The maximum atomic E-state index is 8.29. The summed E-state index contributed by atoms with van der Waals surface area (Å²) in [5, 5.41) is 16.4. The predicted molar refractivity (Wildman–Crippen MR) is 46.6 cm³/mol. The van der Waals surface area contributed by atoms with Crippen molar-refractivity contribution in [2.45, 2.75) is 12.8 Å². The number of rotatable bonds is 4. The zero-order chi connectivity index (χ0) is 9.23. The van der Waals surface area contributed by atoms with Gasteiger partial charge in [0.2, 0.25) is 0 Å². The second-order valence-electron chi connectivity index (χ2n) is 1.81. The minimum Gasteiger partial charge on any atom is -0.266 e. The first-order chi connectivity index (χ1) is 5.85. The van der Waals surface area contributed by atoms with E-state index in [4.69, 9.17) is 10.5 Å². The highest BCUT2D eigenvalue weighted by molar-refractivity contribution is 5.60. The van der Waals surface area contributed by atoms with Gasteiger partial charge in [0, 0.05) is 12.4 Å². The van der Waals surface area contributed by atoms with Crippen LogP contribution in [-0.2, 0) is 0 Å². The number of nitriles is 2. The molecule has 0 saturated heterocycles. The number of aliphatic imine (C=N–C) groups is 2. The molecule has 0 unspecified atom stereocenters. The smallest absolute Gasteiger partial charge is 0.0790 e. The van der Waals surface area contributed by atoms with Crippen LogP contribution in [0.1, 0.15) is 12.8 Å². The average Bonchev–Trinajstić information content (AvgIpc) is 2.10. The Kier molecular flexibility index (Phi) is 6.01. The second-order valence-corrected chi connectivity index (χ2v) is 1.81. The van der Waals surface area contributed by atoms with E-state index in [9.17, 15) is 0 Å². The Bertz CT molecular complexity index is 274. The molecule has 0 aromatic rings. The van der Waals surface area contributed by atoms with Crippen LogP contribution in [0.4, 0.5) is 0 Å². The molecule has 0 heterocycles. The minimum absolute atomic E-state index is 0.188.